The number of aromatic nitrogens is 5. The van der Waals surface area contributed by atoms with Crippen LogP contribution in [0.2, 0.25) is 0 Å². The molecule has 4 aromatic heterocycles. The maximum absolute atomic E-state index is 13.9. The van der Waals surface area contributed by atoms with E-state index in [1.165, 1.54) is 22.9 Å². The van der Waals surface area contributed by atoms with Crippen LogP contribution in [0.4, 0.5) is 10.1 Å². The average Bonchev–Trinajstić information content (AvgIpc) is 3.22. The fraction of sp³-hybridized carbons (Fsp3) is 0.167. The Kier molecular flexibility index (Phi) is 5.64. The molecule has 34 heavy (non-hydrogen) atoms. The Balaban J connectivity index is 1.41. The van der Waals surface area contributed by atoms with Crippen LogP contribution in [0, 0.1) is 5.82 Å². The van der Waals surface area contributed by atoms with E-state index < -0.39 is 5.82 Å². The molecule has 0 aliphatic carbocycles. The van der Waals surface area contributed by atoms with Gasteiger partial charge in [0, 0.05) is 42.0 Å². The summed E-state index contributed by atoms with van der Waals surface area (Å²) in [6.45, 7) is 0.498. The topological polar surface area (TPSA) is 107 Å². The molecule has 1 aromatic carbocycles. The molecule has 0 bridgehead atoms. The number of halogens is 1. The third-order valence-corrected chi connectivity index (χ3v) is 5.55. The number of pyridine rings is 2. The lowest BCUT2D eigenvalue weighted by Gasteiger charge is -2.11. The molecule has 0 aliphatic rings. The third kappa shape index (κ3) is 3.95. The van der Waals surface area contributed by atoms with Crippen molar-refractivity contribution in [1.29, 1.82) is 0 Å². The predicted molar refractivity (Wildman–Crippen MR) is 126 cm³/mol. The van der Waals surface area contributed by atoms with Gasteiger partial charge in [0.1, 0.15) is 17.1 Å². The Morgan fingerprint density at radius 2 is 2.03 bits per heavy atom. The Bertz CT molecular complexity index is 1560. The molecule has 5 rings (SSSR count). The van der Waals surface area contributed by atoms with Crippen molar-refractivity contribution in [2.75, 3.05) is 19.0 Å². The summed E-state index contributed by atoms with van der Waals surface area (Å²) in [4.78, 5) is 21.2. The lowest BCUT2D eigenvalue weighted by Crippen LogP contribution is -2.26. The van der Waals surface area contributed by atoms with Crippen LogP contribution in [-0.2, 0) is 13.2 Å². The smallest absolute Gasteiger partial charge is 0.266 e. The Morgan fingerprint density at radius 3 is 2.85 bits per heavy atom. The van der Waals surface area contributed by atoms with Gasteiger partial charge < -0.3 is 15.2 Å². The zero-order valence-electron chi connectivity index (χ0n) is 18.3. The highest BCUT2D eigenvalue weighted by molar-refractivity contribution is 5.88. The normalized spacial score (nSPS) is 11.3. The van der Waals surface area contributed by atoms with Crippen LogP contribution in [-0.4, -0.2) is 43.1 Å². The number of methoxy groups -OCH3 is 1. The number of hydrogen-bond acceptors (Lipinski definition) is 7. The molecule has 0 saturated heterocycles. The van der Waals surface area contributed by atoms with Crippen LogP contribution < -0.4 is 15.6 Å². The molecule has 9 nitrogen and oxygen atoms in total. The van der Waals surface area contributed by atoms with Crippen LogP contribution in [0.25, 0.3) is 27.8 Å². The molecule has 0 amide bonds. The van der Waals surface area contributed by atoms with Crippen molar-refractivity contribution in [2.45, 2.75) is 13.2 Å². The van der Waals surface area contributed by atoms with E-state index in [0.29, 0.717) is 40.2 Å². The monoisotopic (exact) mass is 460 g/mol. The number of hydrogen-bond donors (Lipinski definition) is 2. The third-order valence-electron chi connectivity index (χ3n) is 5.55. The number of ether oxygens (including phenoxy) is 1. The second-order valence-corrected chi connectivity index (χ2v) is 7.63. The minimum Gasteiger partial charge on any atom is -0.495 e. The summed E-state index contributed by atoms with van der Waals surface area (Å²) in [5.74, 6) is 0.661. The van der Waals surface area contributed by atoms with Crippen molar-refractivity contribution >= 4 is 27.6 Å². The maximum atomic E-state index is 13.9. The standard InChI is InChI=1S/C24H21FN6O3/c1-34-17-11-20-24(28-12-17)19(6-7-26-20)27-8-9-31-23(33)5-4-22(29-31)30-13-15(14-32)18-3-2-16(25)10-21(18)30/h2-7,10-13,32H,8-9,14H2,1H3,(H,26,27). The quantitative estimate of drug-likeness (QED) is 0.385. The summed E-state index contributed by atoms with van der Waals surface area (Å²) >= 11 is 0. The summed E-state index contributed by atoms with van der Waals surface area (Å²) in [6, 6.07) is 10.9. The minimum atomic E-state index is -0.398. The highest BCUT2D eigenvalue weighted by atomic mass is 19.1. The van der Waals surface area contributed by atoms with Gasteiger partial charge in [0.05, 0.1) is 43.2 Å². The SMILES string of the molecule is COc1cnc2c(NCCn3nc(-n4cc(CO)c5ccc(F)cc54)ccc3=O)ccnc2c1. The number of nitrogens with one attached hydrogen (secondary N) is 1. The molecule has 0 fully saturated rings. The fourth-order valence-electron chi connectivity index (χ4n) is 3.88. The van der Waals surface area contributed by atoms with E-state index in [1.807, 2.05) is 6.07 Å². The first-order valence-electron chi connectivity index (χ1n) is 10.6. The second kappa shape index (κ2) is 8.91. The zero-order valence-corrected chi connectivity index (χ0v) is 18.3. The number of benzene rings is 1. The summed E-state index contributed by atoms with van der Waals surface area (Å²) in [5, 5.41) is 18.1. The highest BCUT2D eigenvalue weighted by Crippen LogP contribution is 2.25. The van der Waals surface area contributed by atoms with E-state index in [1.54, 1.807) is 48.5 Å². The first-order valence-corrected chi connectivity index (χ1v) is 10.6. The van der Waals surface area contributed by atoms with Gasteiger partial charge >= 0.3 is 0 Å². The minimum absolute atomic E-state index is 0.196. The van der Waals surface area contributed by atoms with Crippen LogP contribution in [0.3, 0.4) is 0 Å². The molecule has 5 aromatic rings. The molecule has 0 radical (unpaired) electrons. The van der Waals surface area contributed by atoms with Crippen molar-refractivity contribution in [1.82, 2.24) is 24.3 Å². The molecule has 0 aliphatic heterocycles. The van der Waals surface area contributed by atoms with E-state index in [9.17, 15) is 14.3 Å². The molecule has 172 valence electrons. The molecule has 10 heteroatoms. The van der Waals surface area contributed by atoms with Gasteiger partial charge in [0.2, 0.25) is 0 Å². The Hall–Kier alpha value is -4.31. The van der Waals surface area contributed by atoms with Gasteiger partial charge in [-0.15, -0.1) is 0 Å². The van der Waals surface area contributed by atoms with Gasteiger partial charge in [-0.1, -0.05) is 0 Å². The maximum Gasteiger partial charge on any atom is 0.266 e. The van der Waals surface area contributed by atoms with Gasteiger partial charge in [-0.25, -0.2) is 14.1 Å². The number of rotatable bonds is 7. The van der Waals surface area contributed by atoms with E-state index in [2.05, 4.69) is 20.4 Å². The molecule has 2 N–H and O–H groups in total. The van der Waals surface area contributed by atoms with Crippen molar-refractivity contribution in [3.05, 3.63) is 82.8 Å². The van der Waals surface area contributed by atoms with E-state index in [4.69, 9.17) is 4.74 Å². The van der Waals surface area contributed by atoms with Gasteiger partial charge in [0.15, 0.2) is 5.82 Å². The molecule has 4 heterocycles. The summed E-state index contributed by atoms with van der Waals surface area (Å²) in [5.41, 5.74) is 3.09. The molecule has 0 atom stereocenters. The number of fused-ring (bicyclic) bond motifs is 2. The molecule has 0 unspecified atom stereocenters. The predicted octanol–water partition coefficient (Wildman–Crippen LogP) is 2.88. The Labute approximate surface area is 193 Å². The van der Waals surface area contributed by atoms with E-state index >= 15 is 0 Å². The fourth-order valence-corrected chi connectivity index (χ4v) is 3.88. The largest absolute Gasteiger partial charge is 0.495 e. The van der Waals surface area contributed by atoms with Crippen molar-refractivity contribution in [2.24, 2.45) is 0 Å². The van der Waals surface area contributed by atoms with Crippen LogP contribution in [0.1, 0.15) is 5.56 Å². The average molecular weight is 460 g/mol. The molecular weight excluding hydrogens is 439 g/mol. The summed E-state index contributed by atoms with van der Waals surface area (Å²) in [6.07, 6.45) is 4.99. The van der Waals surface area contributed by atoms with Crippen molar-refractivity contribution < 1.29 is 14.2 Å². The van der Waals surface area contributed by atoms with Gasteiger partial charge in [0.25, 0.3) is 5.56 Å². The summed E-state index contributed by atoms with van der Waals surface area (Å²) < 4.78 is 22.1. The van der Waals surface area contributed by atoms with E-state index in [0.717, 1.165) is 11.1 Å². The first-order chi connectivity index (χ1) is 16.6. The van der Waals surface area contributed by atoms with Gasteiger partial charge in [-0.2, -0.15) is 5.10 Å². The van der Waals surface area contributed by atoms with Crippen molar-refractivity contribution in [3.63, 3.8) is 0 Å². The van der Waals surface area contributed by atoms with Crippen LogP contribution in [0.15, 0.2) is 65.8 Å². The number of nitrogens with zero attached hydrogens (tertiary/aromatic N) is 5. The van der Waals surface area contributed by atoms with Crippen molar-refractivity contribution in [3.8, 4) is 11.6 Å². The zero-order chi connectivity index (χ0) is 23.7. The number of aliphatic hydroxyl groups excluding tert-OH is 1. The molecule has 0 spiro atoms. The lowest BCUT2D eigenvalue weighted by atomic mass is 10.2. The van der Waals surface area contributed by atoms with Crippen LogP contribution in [0.5, 0.6) is 5.75 Å². The van der Waals surface area contributed by atoms with Gasteiger partial charge in [-0.05, 0) is 30.3 Å². The summed E-state index contributed by atoms with van der Waals surface area (Å²) in [7, 11) is 1.57. The van der Waals surface area contributed by atoms with Crippen LogP contribution >= 0.6 is 0 Å². The van der Waals surface area contributed by atoms with E-state index in [-0.39, 0.29) is 18.7 Å². The first kappa shape index (κ1) is 21.5. The number of aliphatic hydroxyl groups is 1. The molecular formula is C24H21FN6O3. The lowest BCUT2D eigenvalue weighted by molar-refractivity contribution is 0.283. The second-order valence-electron chi connectivity index (χ2n) is 7.63. The Morgan fingerprint density at radius 1 is 1.15 bits per heavy atom. The number of anilines is 1. The molecule has 0 saturated carbocycles. The van der Waals surface area contributed by atoms with Gasteiger partial charge in [-0.3, -0.25) is 14.3 Å². The highest BCUT2D eigenvalue weighted by Gasteiger charge is 2.12.